The van der Waals surface area contributed by atoms with Crippen molar-refractivity contribution in [3.05, 3.63) is 95.3 Å². The van der Waals surface area contributed by atoms with Gasteiger partial charge < -0.3 is 14.5 Å². The standard InChI is InChI=1S/C28H31NO4S/c1-20-8-5-6-11-23(20)27(22-9-3-2-4-10-22)33-28(31)32-26-19-34(16-13-21(26)14-17-34)18-25(30)24-12-7-15-29-24/h2-12,15,21,26-27,29H,13-14,16-19H2,1H3/t26-,27?/m0/s1. The predicted molar refractivity (Wildman–Crippen MR) is 136 cm³/mol. The minimum Gasteiger partial charge on any atom is -0.430 e. The van der Waals surface area contributed by atoms with Crippen molar-refractivity contribution < 1.29 is 19.1 Å². The number of aromatic nitrogens is 1. The average molecular weight is 478 g/mol. The number of rotatable bonds is 7. The molecule has 1 N–H and O–H groups in total. The topological polar surface area (TPSA) is 68.4 Å². The van der Waals surface area contributed by atoms with Crippen molar-refractivity contribution in [2.24, 2.45) is 5.92 Å². The Morgan fingerprint density at radius 3 is 2.44 bits per heavy atom. The number of hydrogen-bond donors (Lipinski definition) is 1. The highest BCUT2D eigenvalue weighted by molar-refractivity contribution is 8.34. The number of benzene rings is 2. The van der Waals surface area contributed by atoms with E-state index in [9.17, 15) is 9.59 Å². The summed E-state index contributed by atoms with van der Waals surface area (Å²) in [6.45, 7) is 2.02. The van der Waals surface area contributed by atoms with Gasteiger partial charge in [0, 0.05) is 23.3 Å². The van der Waals surface area contributed by atoms with Crippen LogP contribution in [0.15, 0.2) is 72.9 Å². The van der Waals surface area contributed by atoms with E-state index in [4.69, 9.17) is 9.47 Å². The van der Waals surface area contributed by atoms with Gasteiger partial charge >= 0.3 is 6.16 Å². The van der Waals surface area contributed by atoms with Gasteiger partial charge in [-0.2, -0.15) is 0 Å². The van der Waals surface area contributed by atoms with Crippen molar-refractivity contribution in [3.63, 3.8) is 0 Å². The molecule has 3 saturated heterocycles. The Balaban J connectivity index is 1.29. The normalized spacial score (nSPS) is 26.3. The van der Waals surface area contributed by atoms with Crippen LogP contribution in [0.1, 0.15) is 46.1 Å². The summed E-state index contributed by atoms with van der Waals surface area (Å²) in [6, 6.07) is 21.4. The average Bonchev–Trinajstić information content (AvgIpc) is 3.40. The maximum absolute atomic E-state index is 13.1. The molecule has 3 fully saturated rings. The summed E-state index contributed by atoms with van der Waals surface area (Å²) in [5, 5.41) is 0. The summed E-state index contributed by atoms with van der Waals surface area (Å²) in [6.07, 6.45) is 2.51. The van der Waals surface area contributed by atoms with E-state index in [0.717, 1.165) is 46.8 Å². The van der Waals surface area contributed by atoms with Crippen LogP contribution in [0.4, 0.5) is 4.79 Å². The molecular weight excluding hydrogens is 446 g/mol. The SMILES string of the molecule is Cc1ccccc1C(OC(=O)O[C@H]1CS2(CC(=O)c3ccc[nH]3)CCC1CC2)c1ccccc1. The molecule has 3 aromatic rings. The van der Waals surface area contributed by atoms with Crippen molar-refractivity contribution in [3.8, 4) is 0 Å². The van der Waals surface area contributed by atoms with Crippen molar-refractivity contribution in [1.82, 2.24) is 4.98 Å². The van der Waals surface area contributed by atoms with Gasteiger partial charge in [-0.1, -0.05) is 54.6 Å². The Hall–Kier alpha value is -2.99. The number of hydrogen-bond acceptors (Lipinski definition) is 4. The van der Waals surface area contributed by atoms with Crippen LogP contribution < -0.4 is 0 Å². The molecule has 2 atom stereocenters. The van der Waals surface area contributed by atoms with Gasteiger partial charge in [0.05, 0.1) is 5.69 Å². The monoisotopic (exact) mass is 477 g/mol. The molecule has 1 unspecified atom stereocenters. The second-order valence-electron chi connectivity index (χ2n) is 9.46. The number of carbonyl (C=O) groups is 2. The smallest absolute Gasteiger partial charge is 0.430 e. The summed E-state index contributed by atoms with van der Waals surface area (Å²) >= 11 is 0. The van der Waals surface area contributed by atoms with Gasteiger partial charge in [0.25, 0.3) is 0 Å². The molecule has 0 spiro atoms. The maximum atomic E-state index is 13.1. The second kappa shape index (κ2) is 9.71. The fraction of sp³-hybridized carbons (Fsp3) is 0.357. The van der Waals surface area contributed by atoms with Gasteiger partial charge in [-0.25, -0.2) is 14.8 Å². The van der Waals surface area contributed by atoms with Gasteiger partial charge in [0.1, 0.15) is 6.10 Å². The summed E-state index contributed by atoms with van der Waals surface area (Å²) in [4.78, 5) is 28.9. The van der Waals surface area contributed by atoms with Crippen LogP contribution in [0.5, 0.6) is 0 Å². The van der Waals surface area contributed by atoms with Crippen molar-refractivity contribution >= 4 is 22.0 Å². The Morgan fingerprint density at radius 1 is 1.00 bits per heavy atom. The molecule has 2 aromatic carbocycles. The highest BCUT2D eigenvalue weighted by atomic mass is 32.3. The van der Waals surface area contributed by atoms with Crippen LogP contribution >= 0.6 is 10.0 Å². The molecule has 2 bridgehead atoms. The second-order valence-corrected chi connectivity index (χ2v) is 13.3. The summed E-state index contributed by atoms with van der Waals surface area (Å²) in [5.41, 5.74) is 3.61. The highest BCUT2D eigenvalue weighted by Crippen LogP contribution is 2.60. The number of ether oxygens (including phenoxy) is 2. The van der Waals surface area contributed by atoms with Gasteiger partial charge in [0.15, 0.2) is 11.9 Å². The third-order valence-electron chi connectivity index (χ3n) is 7.26. The lowest BCUT2D eigenvalue weighted by molar-refractivity contribution is -0.00767. The van der Waals surface area contributed by atoms with Crippen LogP contribution in [-0.2, 0) is 9.47 Å². The molecule has 3 aliphatic heterocycles. The largest absolute Gasteiger partial charge is 0.509 e. The van der Waals surface area contributed by atoms with E-state index in [1.54, 1.807) is 6.20 Å². The van der Waals surface area contributed by atoms with Gasteiger partial charge in [0.2, 0.25) is 0 Å². The summed E-state index contributed by atoms with van der Waals surface area (Å²) in [5.74, 6) is 4.09. The van der Waals surface area contributed by atoms with E-state index >= 15 is 0 Å². The van der Waals surface area contributed by atoms with E-state index in [1.807, 2.05) is 73.7 Å². The first-order chi connectivity index (χ1) is 16.5. The molecule has 0 amide bonds. The van der Waals surface area contributed by atoms with E-state index in [0.29, 0.717) is 17.4 Å². The molecule has 6 rings (SSSR count). The van der Waals surface area contributed by atoms with E-state index in [1.165, 1.54) is 0 Å². The van der Waals surface area contributed by atoms with Crippen LogP contribution in [0.3, 0.4) is 0 Å². The molecular formula is C28H31NO4S. The number of H-pyrrole nitrogens is 1. The van der Waals surface area contributed by atoms with Crippen molar-refractivity contribution in [2.75, 3.05) is 23.0 Å². The molecule has 0 radical (unpaired) electrons. The van der Waals surface area contributed by atoms with Crippen LogP contribution in [-0.4, -0.2) is 46.0 Å². The third kappa shape index (κ3) is 4.78. The molecule has 34 heavy (non-hydrogen) atoms. The van der Waals surface area contributed by atoms with E-state index in [2.05, 4.69) is 4.98 Å². The minimum absolute atomic E-state index is 0.172. The van der Waals surface area contributed by atoms with Crippen molar-refractivity contribution in [1.29, 1.82) is 0 Å². The van der Waals surface area contributed by atoms with Crippen molar-refractivity contribution in [2.45, 2.75) is 32.0 Å². The molecule has 1 aromatic heterocycles. The molecule has 6 heteroatoms. The lowest BCUT2D eigenvalue weighted by Crippen LogP contribution is -2.46. The van der Waals surface area contributed by atoms with Crippen LogP contribution in [0.25, 0.3) is 0 Å². The number of nitrogens with one attached hydrogen (secondary N) is 1. The van der Waals surface area contributed by atoms with E-state index in [-0.39, 0.29) is 11.9 Å². The fourth-order valence-electron chi connectivity index (χ4n) is 5.33. The Labute approximate surface area is 202 Å². The summed E-state index contributed by atoms with van der Waals surface area (Å²) < 4.78 is 11.9. The third-order valence-corrected chi connectivity index (χ3v) is 11.4. The Bertz CT molecular complexity index is 1140. The number of fused-ring (bicyclic) bond motifs is 3. The zero-order valence-corrected chi connectivity index (χ0v) is 20.3. The zero-order chi connectivity index (χ0) is 23.5. The van der Waals surface area contributed by atoms with Gasteiger partial charge in [-0.3, -0.25) is 4.79 Å². The number of aromatic amines is 1. The molecule has 178 valence electrons. The quantitative estimate of drug-likeness (QED) is 0.332. The molecule has 4 heterocycles. The van der Waals surface area contributed by atoms with Crippen LogP contribution in [0.2, 0.25) is 0 Å². The summed E-state index contributed by atoms with van der Waals surface area (Å²) in [7, 11) is -1.13. The Kier molecular flexibility index (Phi) is 6.50. The first-order valence-electron chi connectivity index (χ1n) is 11.9. The first kappa shape index (κ1) is 22.8. The fourth-order valence-corrected chi connectivity index (χ4v) is 9.63. The van der Waals surface area contributed by atoms with Crippen LogP contribution in [0, 0.1) is 12.8 Å². The van der Waals surface area contributed by atoms with Gasteiger partial charge in [-0.05, 0) is 60.4 Å². The lowest BCUT2D eigenvalue weighted by atomic mass is 9.96. The molecule has 0 saturated carbocycles. The number of carbonyl (C=O) groups excluding carboxylic acids is 2. The molecule has 3 aliphatic rings. The van der Waals surface area contributed by atoms with Gasteiger partial charge in [-0.15, -0.1) is 0 Å². The predicted octanol–water partition coefficient (Wildman–Crippen LogP) is 6.05. The maximum Gasteiger partial charge on any atom is 0.509 e. The van der Waals surface area contributed by atoms with E-state index < -0.39 is 22.3 Å². The highest BCUT2D eigenvalue weighted by Gasteiger charge is 2.45. The zero-order valence-electron chi connectivity index (χ0n) is 19.4. The number of aryl methyl sites for hydroxylation is 1. The first-order valence-corrected chi connectivity index (χ1v) is 14.2. The molecule has 0 aliphatic carbocycles. The Morgan fingerprint density at radius 2 is 1.74 bits per heavy atom. The minimum atomic E-state index is -1.13. The molecule has 5 nitrogen and oxygen atoms in total. The number of ketones is 1. The lowest BCUT2D eigenvalue weighted by Gasteiger charge is -2.53. The number of Topliss-reactive ketones (excluding diaryl/α,β-unsaturated/α-hetero) is 1.